The fourth-order valence-electron chi connectivity index (χ4n) is 2.86. The van der Waals surface area contributed by atoms with E-state index < -0.39 is 0 Å². The number of carbonyl (C=O) groups is 1. The van der Waals surface area contributed by atoms with Gasteiger partial charge in [-0.3, -0.25) is 4.79 Å². The molecule has 0 fully saturated rings. The number of ether oxygens (including phenoxy) is 3. The number of nitrogens with one attached hydrogen (secondary N) is 3. The topological polar surface area (TPSA) is 93.2 Å². The zero-order valence-corrected chi connectivity index (χ0v) is 19.4. The first-order valence-corrected chi connectivity index (χ1v) is 11.2. The van der Waals surface area contributed by atoms with E-state index in [2.05, 4.69) is 27.9 Å². The average molecular weight is 435 g/mol. The molecule has 1 aliphatic heterocycles. The molecule has 31 heavy (non-hydrogen) atoms. The smallest absolute Gasteiger partial charge is 0.242 e. The lowest BCUT2D eigenvalue weighted by Crippen LogP contribution is -2.42. The van der Waals surface area contributed by atoms with Crippen LogP contribution in [0.3, 0.4) is 0 Å². The molecule has 1 heterocycles. The molecule has 174 valence electrons. The predicted molar refractivity (Wildman–Crippen MR) is 124 cm³/mol. The molecule has 1 aromatic carbocycles. The van der Waals surface area contributed by atoms with Gasteiger partial charge in [0.15, 0.2) is 17.5 Å². The van der Waals surface area contributed by atoms with E-state index in [1.54, 1.807) is 0 Å². The maximum Gasteiger partial charge on any atom is 0.242 e. The number of rotatable bonds is 10. The van der Waals surface area contributed by atoms with E-state index in [0.717, 1.165) is 43.7 Å². The van der Waals surface area contributed by atoms with Crippen molar-refractivity contribution in [3.63, 3.8) is 0 Å². The standard InChI is InChI=1S/C23H38N4O4/c1-5-6-12-29-13-7-11-24-22(25-17-21(28)27-23(2,3)4)26-18-9-10-19-20(16-18)31-15-8-14-30-19/h9-10,16H,5-8,11-15,17H2,1-4H3,(H,27,28)(H2,24,25,26). The number of aliphatic imine (C=N–C) groups is 1. The molecular formula is C23H38N4O4. The van der Waals surface area contributed by atoms with Crippen molar-refractivity contribution < 1.29 is 19.0 Å². The highest BCUT2D eigenvalue weighted by Crippen LogP contribution is 2.32. The van der Waals surface area contributed by atoms with E-state index in [1.807, 2.05) is 39.0 Å². The minimum atomic E-state index is -0.294. The first-order valence-electron chi connectivity index (χ1n) is 11.2. The third kappa shape index (κ3) is 10.4. The van der Waals surface area contributed by atoms with Gasteiger partial charge in [0.1, 0.15) is 6.54 Å². The normalized spacial score (nSPS) is 14.0. The lowest BCUT2D eigenvalue weighted by Gasteiger charge is -2.20. The molecule has 0 unspecified atom stereocenters. The summed E-state index contributed by atoms with van der Waals surface area (Å²) in [7, 11) is 0. The highest BCUT2D eigenvalue weighted by molar-refractivity contribution is 5.95. The van der Waals surface area contributed by atoms with Crippen LogP contribution in [0.1, 0.15) is 53.4 Å². The quantitative estimate of drug-likeness (QED) is 0.297. The van der Waals surface area contributed by atoms with Gasteiger partial charge in [-0.15, -0.1) is 0 Å². The third-order valence-corrected chi connectivity index (χ3v) is 4.31. The molecule has 0 saturated heterocycles. The van der Waals surface area contributed by atoms with Gasteiger partial charge in [0.25, 0.3) is 0 Å². The number of anilines is 1. The molecule has 0 bridgehead atoms. The van der Waals surface area contributed by atoms with E-state index >= 15 is 0 Å². The summed E-state index contributed by atoms with van der Waals surface area (Å²) < 4.78 is 17.1. The minimum absolute atomic E-state index is 0.0319. The Kier molecular flexibility index (Phi) is 10.4. The summed E-state index contributed by atoms with van der Waals surface area (Å²) in [5.41, 5.74) is 0.517. The van der Waals surface area contributed by atoms with Crippen molar-refractivity contribution in [2.75, 3.05) is 44.8 Å². The summed E-state index contributed by atoms with van der Waals surface area (Å²) in [6.07, 6.45) is 3.91. The van der Waals surface area contributed by atoms with Gasteiger partial charge in [-0.1, -0.05) is 13.3 Å². The lowest BCUT2D eigenvalue weighted by atomic mass is 10.1. The summed E-state index contributed by atoms with van der Waals surface area (Å²) >= 11 is 0. The van der Waals surface area contributed by atoms with Gasteiger partial charge in [-0.05, 0) is 45.7 Å². The number of amides is 1. The average Bonchev–Trinajstić information content (AvgIpc) is 2.95. The Morgan fingerprint density at radius 1 is 1.13 bits per heavy atom. The predicted octanol–water partition coefficient (Wildman–Crippen LogP) is 3.33. The fraction of sp³-hybridized carbons (Fsp3) is 0.652. The van der Waals surface area contributed by atoms with E-state index in [9.17, 15) is 4.79 Å². The molecule has 0 saturated carbocycles. The van der Waals surface area contributed by atoms with Gasteiger partial charge in [-0.2, -0.15) is 0 Å². The Morgan fingerprint density at radius 2 is 1.87 bits per heavy atom. The Morgan fingerprint density at radius 3 is 2.61 bits per heavy atom. The molecule has 8 heteroatoms. The molecule has 0 aliphatic carbocycles. The van der Waals surface area contributed by atoms with Crippen molar-refractivity contribution in [2.45, 2.75) is 58.9 Å². The van der Waals surface area contributed by atoms with Crippen LogP contribution in [0, 0.1) is 0 Å². The maximum absolute atomic E-state index is 12.2. The van der Waals surface area contributed by atoms with Crippen LogP contribution in [0.25, 0.3) is 0 Å². The summed E-state index contributed by atoms with van der Waals surface area (Å²) in [5.74, 6) is 1.85. The van der Waals surface area contributed by atoms with Crippen molar-refractivity contribution in [2.24, 2.45) is 4.99 Å². The van der Waals surface area contributed by atoms with Crippen molar-refractivity contribution in [1.29, 1.82) is 0 Å². The first-order chi connectivity index (χ1) is 14.9. The number of hydrogen-bond donors (Lipinski definition) is 3. The van der Waals surface area contributed by atoms with Crippen LogP contribution >= 0.6 is 0 Å². The van der Waals surface area contributed by atoms with Gasteiger partial charge in [-0.25, -0.2) is 4.99 Å². The van der Waals surface area contributed by atoms with E-state index in [4.69, 9.17) is 14.2 Å². The van der Waals surface area contributed by atoms with Crippen LogP contribution in [-0.2, 0) is 9.53 Å². The second kappa shape index (κ2) is 13.0. The molecule has 8 nitrogen and oxygen atoms in total. The lowest BCUT2D eigenvalue weighted by molar-refractivity contribution is -0.121. The van der Waals surface area contributed by atoms with Crippen molar-refractivity contribution in [3.05, 3.63) is 18.2 Å². The Balaban J connectivity index is 1.96. The molecule has 3 N–H and O–H groups in total. The molecule has 0 radical (unpaired) electrons. The van der Waals surface area contributed by atoms with Gasteiger partial charge < -0.3 is 30.2 Å². The van der Waals surface area contributed by atoms with Gasteiger partial charge in [0.05, 0.1) is 13.2 Å². The van der Waals surface area contributed by atoms with Crippen LogP contribution < -0.4 is 25.4 Å². The van der Waals surface area contributed by atoms with Crippen LogP contribution in [-0.4, -0.2) is 56.9 Å². The molecule has 1 aromatic rings. The number of fused-ring (bicyclic) bond motifs is 1. The Hall–Kier alpha value is -2.48. The van der Waals surface area contributed by atoms with E-state index in [0.29, 0.717) is 38.1 Å². The largest absolute Gasteiger partial charge is 0.490 e. The maximum atomic E-state index is 12.2. The highest BCUT2D eigenvalue weighted by Gasteiger charge is 2.14. The Labute approximate surface area is 186 Å². The zero-order chi connectivity index (χ0) is 22.5. The molecule has 2 rings (SSSR count). The van der Waals surface area contributed by atoms with Gasteiger partial charge in [0, 0.05) is 43.5 Å². The van der Waals surface area contributed by atoms with Gasteiger partial charge >= 0.3 is 0 Å². The van der Waals surface area contributed by atoms with E-state index in [1.165, 1.54) is 0 Å². The summed E-state index contributed by atoms with van der Waals surface area (Å²) in [6, 6.07) is 5.68. The molecule has 0 atom stereocenters. The minimum Gasteiger partial charge on any atom is -0.490 e. The van der Waals surface area contributed by atoms with Crippen molar-refractivity contribution in [3.8, 4) is 11.5 Å². The van der Waals surface area contributed by atoms with Crippen LogP contribution in [0.15, 0.2) is 23.2 Å². The van der Waals surface area contributed by atoms with E-state index in [-0.39, 0.29) is 18.0 Å². The fourth-order valence-corrected chi connectivity index (χ4v) is 2.86. The molecule has 1 amide bonds. The third-order valence-electron chi connectivity index (χ3n) is 4.31. The van der Waals surface area contributed by atoms with Gasteiger partial charge in [0.2, 0.25) is 5.91 Å². The molecule has 1 aliphatic rings. The van der Waals surface area contributed by atoms with Crippen LogP contribution in [0.4, 0.5) is 5.69 Å². The van der Waals surface area contributed by atoms with Crippen molar-refractivity contribution in [1.82, 2.24) is 10.6 Å². The summed E-state index contributed by atoms with van der Waals surface area (Å²) in [4.78, 5) is 16.6. The monoisotopic (exact) mass is 434 g/mol. The summed E-state index contributed by atoms with van der Waals surface area (Å²) in [5, 5.41) is 9.46. The second-order valence-corrected chi connectivity index (χ2v) is 8.55. The highest BCUT2D eigenvalue weighted by atomic mass is 16.5. The molecular weight excluding hydrogens is 396 g/mol. The number of hydrogen-bond acceptors (Lipinski definition) is 5. The van der Waals surface area contributed by atoms with Crippen LogP contribution in [0.5, 0.6) is 11.5 Å². The number of carbonyl (C=O) groups excluding carboxylic acids is 1. The molecule has 0 aromatic heterocycles. The second-order valence-electron chi connectivity index (χ2n) is 8.55. The SMILES string of the molecule is CCCCOCCCNC(=NCC(=O)NC(C)(C)C)Nc1ccc2c(c1)OCCCO2. The number of benzene rings is 1. The number of nitrogens with zero attached hydrogens (tertiary/aromatic N) is 1. The summed E-state index contributed by atoms with van der Waals surface area (Å²) in [6.45, 7) is 11.5. The first kappa shape index (κ1) is 24.8. The number of guanidine groups is 1. The Bertz CT molecular complexity index is 716. The van der Waals surface area contributed by atoms with Crippen LogP contribution in [0.2, 0.25) is 0 Å². The molecule has 0 spiro atoms. The number of unbranched alkanes of at least 4 members (excludes halogenated alkanes) is 1. The van der Waals surface area contributed by atoms with Crippen molar-refractivity contribution >= 4 is 17.6 Å². The zero-order valence-electron chi connectivity index (χ0n) is 19.4.